The van der Waals surface area contributed by atoms with Crippen LogP contribution in [0, 0.1) is 6.92 Å². The number of hydrogen-bond donors (Lipinski definition) is 2. The predicted octanol–water partition coefficient (Wildman–Crippen LogP) is 1.96. The van der Waals surface area contributed by atoms with Crippen LogP contribution in [0.2, 0.25) is 0 Å². The summed E-state index contributed by atoms with van der Waals surface area (Å²) in [6, 6.07) is 0.509. The van der Waals surface area contributed by atoms with Gasteiger partial charge in [0.15, 0.2) is 0 Å². The molecule has 1 saturated heterocycles. The number of nitrogens with one attached hydrogen (secondary N) is 1. The van der Waals surface area contributed by atoms with Crippen LogP contribution in [0.3, 0.4) is 0 Å². The largest absolute Gasteiger partial charge is 0.396 e. The highest BCUT2D eigenvalue weighted by Gasteiger charge is 2.26. The summed E-state index contributed by atoms with van der Waals surface area (Å²) >= 11 is 0. The van der Waals surface area contributed by atoms with E-state index in [1.807, 2.05) is 13.1 Å². The SMILES string of the molecule is CCNc1ncc(C)c(N2CCCC2CCCO)n1. The maximum absolute atomic E-state index is 9.00. The molecule has 2 rings (SSSR count). The van der Waals surface area contributed by atoms with Crippen molar-refractivity contribution in [1.29, 1.82) is 0 Å². The quantitative estimate of drug-likeness (QED) is 0.822. The highest BCUT2D eigenvalue weighted by Crippen LogP contribution is 2.29. The molecular weight excluding hydrogens is 240 g/mol. The highest BCUT2D eigenvalue weighted by molar-refractivity contribution is 5.50. The molecule has 0 radical (unpaired) electrons. The van der Waals surface area contributed by atoms with Crippen molar-refractivity contribution in [2.75, 3.05) is 29.9 Å². The Labute approximate surface area is 115 Å². The lowest BCUT2D eigenvalue weighted by molar-refractivity contribution is 0.279. The van der Waals surface area contributed by atoms with Crippen LogP contribution in [0.25, 0.3) is 0 Å². The molecule has 0 bridgehead atoms. The molecule has 0 spiro atoms. The summed E-state index contributed by atoms with van der Waals surface area (Å²) in [6.45, 7) is 6.26. The third-order valence-electron chi connectivity index (χ3n) is 3.62. The van der Waals surface area contributed by atoms with E-state index >= 15 is 0 Å². The molecule has 0 aliphatic carbocycles. The predicted molar refractivity (Wildman–Crippen MR) is 77.6 cm³/mol. The van der Waals surface area contributed by atoms with E-state index in [-0.39, 0.29) is 6.61 Å². The minimum Gasteiger partial charge on any atom is -0.396 e. The van der Waals surface area contributed by atoms with Crippen molar-refractivity contribution in [3.8, 4) is 0 Å². The molecular formula is C14H24N4O. The molecule has 1 aromatic heterocycles. The van der Waals surface area contributed by atoms with E-state index in [1.54, 1.807) is 0 Å². The van der Waals surface area contributed by atoms with Gasteiger partial charge < -0.3 is 15.3 Å². The van der Waals surface area contributed by atoms with E-state index in [2.05, 4.69) is 27.1 Å². The number of anilines is 2. The van der Waals surface area contributed by atoms with Crippen LogP contribution >= 0.6 is 0 Å². The van der Waals surface area contributed by atoms with Crippen molar-refractivity contribution in [2.45, 2.75) is 45.6 Å². The first-order chi connectivity index (χ1) is 9.26. The third kappa shape index (κ3) is 3.35. The van der Waals surface area contributed by atoms with Crippen LogP contribution < -0.4 is 10.2 Å². The van der Waals surface area contributed by atoms with E-state index < -0.39 is 0 Å². The van der Waals surface area contributed by atoms with Crippen molar-refractivity contribution in [3.05, 3.63) is 11.8 Å². The topological polar surface area (TPSA) is 61.3 Å². The van der Waals surface area contributed by atoms with Crippen LogP contribution in [-0.4, -0.2) is 40.8 Å². The molecule has 1 aromatic rings. The lowest BCUT2D eigenvalue weighted by atomic mass is 10.1. The Kier molecular flexibility index (Phi) is 4.96. The third-order valence-corrected chi connectivity index (χ3v) is 3.62. The number of nitrogens with zero attached hydrogens (tertiary/aromatic N) is 3. The molecule has 5 nitrogen and oxygen atoms in total. The standard InChI is InChI=1S/C14H24N4O/c1-3-15-14-16-10-11(2)13(17-14)18-8-4-6-12(18)7-5-9-19/h10,12,19H,3-9H2,1-2H3,(H,15,16,17). The Morgan fingerprint density at radius 2 is 2.37 bits per heavy atom. The Morgan fingerprint density at radius 1 is 1.53 bits per heavy atom. The second-order valence-corrected chi connectivity index (χ2v) is 5.09. The molecule has 106 valence electrons. The van der Waals surface area contributed by atoms with Gasteiger partial charge in [-0.25, -0.2) is 4.98 Å². The molecule has 1 aliphatic heterocycles. The van der Waals surface area contributed by atoms with Crippen molar-refractivity contribution >= 4 is 11.8 Å². The highest BCUT2D eigenvalue weighted by atomic mass is 16.2. The van der Waals surface area contributed by atoms with Crippen LogP contribution in [0.4, 0.5) is 11.8 Å². The number of aromatic nitrogens is 2. The van der Waals surface area contributed by atoms with E-state index in [0.29, 0.717) is 12.0 Å². The summed E-state index contributed by atoms with van der Waals surface area (Å²) in [4.78, 5) is 11.3. The molecule has 0 amide bonds. The van der Waals surface area contributed by atoms with Gasteiger partial charge in [-0.3, -0.25) is 0 Å². The van der Waals surface area contributed by atoms with E-state index in [4.69, 9.17) is 5.11 Å². The van der Waals surface area contributed by atoms with Crippen molar-refractivity contribution in [3.63, 3.8) is 0 Å². The molecule has 1 fully saturated rings. The first-order valence-corrected chi connectivity index (χ1v) is 7.21. The lowest BCUT2D eigenvalue weighted by Gasteiger charge is -2.27. The van der Waals surface area contributed by atoms with Gasteiger partial charge in [0.1, 0.15) is 5.82 Å². The van der Waals surface area contributed by atoms with Gasteiger partial charge in [0, 0.05) is 37.5 Å². The first kappa shape index (κ1) is 14.1. The summed E-state index contributed by atoms with van der Waals surface area (Å²) in [6.07, 6.45) is 6.19. The van der Waals surface area contributed by atoms with Crippen molar-refractivity contribution in [2.24, 2.45) is 0 Å². The van der Waals surface area contributed by atoms with E-state index in [9.17, 15) is 0 Å². The Bertz CT molecular complexity index is 410. The maximum Gasteiger partial charge on any atom is 0.224 e. The van der Waals surface area contributed by atoms with Crippen LogP contribution in [0.15, 0.2) is 6.20 Å². The van der Waals surface area contributed by atoms with Crippen LogP contribution in [0.5, 0.6) is 0 Å². The molecule has 2 N–H and O–H groups in total. The summed E-state index contributed by atoms with van der Waals surface area (Å²) in [5.41, 5.74) is 1.12. The zero-order valence-electron chi connectivity index (χ0n) is 11.9. The fourth-order valence-corrected chi connectivity index (χ4v) is 2.71. The molecule has 19 heavy (non-hydrogen) atoms. The normalized spacial score (nSPS) is 18.9. The minimum absolute atomic E-state index is 0.274. The zero-order valence-corrected chi connectivity index (χ0v) is 11.9. The van der Waals surface area contributed by atoms with Gasteiger partial charge >= 0.3 is 0 Å². The smallest absolute Gasteiger partial charge is 0.224 e. The first-order valence-electron chi connectivity index (χ1n) is 7.21. The van der Waals surface area contributed by atoms with Crippen LogP contribution in [0.1, 0.15) is 38.2 Å². The van der Waals surface area contributed by atoms with Gasteiger partial charge in [0.2, 0.25) is 5.95 Å². The van der Waals surface area contributed by atoms with E-state index in [0.717, 1.165) is 37.3 Å². The minimum atomic E-state index is 0.274. The molecule has 0 saturated carbocycles. The number of hydrogen-bond acceptors (Lipinski definition) is 5. The molecule has 1 unspecified atom stereocenters. The van der Waals surface area contributed by atoms with Gasteiger partial charge in [-0.1, -0.05) is 0 Å². The number of rotatable bonds is 6. The van der Waals surface area contributed by atoms with Gasteiger partial charge in [-0.05, 0) is 39.5 Å². The Balaban J connectivity index is 2.16. The van der Waals surface area contributed by atoms with Crippen molar-refractivity contribution < 1.29 is 5.11 Å². The maximum atomic E-state index is 9.00. The molecule has 0 aromatic carbocycles. The molecule has 5 heteroatoms. The Hall–Kier alpha value is -1.36. The zero-order chi connectivity index (χ0) is 13.7. The fraction of sp³-hybridized carbons (Fsp3) is 0.714. The second-order valence-electron chi connectivity index (χ2n) is 5.09. The van der Waals surface area contributed by atoms with Gasteiger partial charge in [-0.2, -0.15) is 4.98 Å². The summed E-state index contributed by atoms with van der Waals surface area (Å²) in [5.74, 6) is 1.75. The lowest BCUT2D eigenvalue weighted by Crippen LogP contribution is -2.31. The molecule has 1 aliphatic rings. The number of aliphatic hydroxyl groups is 1. The average Bonchev–Trinajstić information content (AvgIpc) is 2.87. The second kappa shape index (κ2) is 6.70. The Morgan fingerprint density at radius 3 is 3.11 bits per heavy atom. The summed E-state index contributed by atoms with van der Waals surface area (Å²) in [5, 5.41) is 12.2. The van der Waals surface area contributed by atoms with E-state index in [1.165, 1.54) is 12.8 Å². The van der Waals surface area contributed by atoms with Crippen LogP contribution in [-0.2, 0) is 0 Å². The average molecular weight is 264 g/mol. The summed E-state index contributed by atoms with van der Waals surface area (Å²) < 4.78 is 0. The number of aliphatic hydroxyl groups excluding tert-OH is 1. The molecule has 2 heterocycles. The van der Waals surface area contributed by atoms with Gasteiger partial charge in [0.05, 0.1) is 0 Å². The van der Waals surface area contributed by atoms with Gasteiger partial charge in [0.25, 0.3) is 0 Å². The number of aryl methyl sites for hydroxylation is 1. The van der Waals surface area contributed by atoms with Gasteiger partial charge in [-0.15, -0.1) is 0 Å². The molecule has 1 atom stereocenters. The monoisotopic (exact) mass is 264 g/mol. The fourth-order valence-electron chi connectivity index (χ4n) is 2.71. The summed E-state index contributed by atoms with van der Waals surface area (Å²) in [7, 11) is 0. The van der Waals surface area contributed by atoms with Crippen molar-refractivity contribution in [1.82, 2.24) is 9.97 Å².